The van der Waals surface area contributed by atoms with Gasteiger partial charge in [0.15, 0.2) is 11.5 Å². The Bertz CT molecular complexity index is 2040. The third-order valence-electron chi connectivity index (χ3n) is 10.5. The molecule has 4 aromatic rings. The van der Waals surface area contributed by atoms with Gasteiger partial charge in [0, 0.05) is 22.8 Å². The number of carbonyl (C=O) groups excluding carboxylic acids is 1. The van der Waals surface area contributed by atoms with Crippen LogP contribution in [-0.4, -0.2) is 66.2 Å². The van der Waals surface area contributed by atoms with Crippen molar-refractivity contribution in [2.75, 3.05) is 31.1 Å². The minimum Gasteiger partial charge on any atom is -0.489 e. The van der Waals surface area contributed by atoms with Crippen molar-refractivity contribution in [1.82, 2.24) is 4.90 Å². The van der Waals surface area contributed by atoms with E-state index in [0.29, 0.717) is 28.0 Å². The molecule has 4 fully saturated rings. The van der Waals surface area contributed by atoms with Crippen molar-refractivity contribution in [3.8, 4) is 11.5 Å². The van der Waals surface area contributed by atoms with Gasteiger partial charge in [-0.05, 0) is 104 Å². The van der Waals surface area contributed by atoms with Crippen LogP contribution in [0.3, 0.4) is 0 Å². The smallest absolute Gasteiger partial charge is 0.415 e. The molecule has 10 nitrogen and oxygen atoms in total. The number of hydrogen-bond donors (Lipinski definition) is 2. The van der Waals surface area contributed by atoms with Gasteiger partial charge in [0.2, 0.25) is 12.4 Å². The van der Waals surface area contributed by atoms with Gasteiger partial charge in [-0.3, -0.25) is 15.0 Å². The van der Waals surface area contributed by atoms with E-state index in [1.165, 1.54) is 59.8 Å². The number of anilines is 1. The number of aromatic nitrogens is 1. The average Bonchev–Trinajstić information content (AvgIpc) is 3.98. The minimum absolute atomic E-state index is 0.0126. The number of hydrogen-bond acceptors (Lipinski definition) is 7. The molecule has 0 spiro atoms. The maximum atomic E-state index is 15.4. The van der Waals surface area contributed by atoms with Gasteiger partial charge in [-0.25, -0.2) is 14.0 Å². The fraction of sp³-hybridized carbons (Fsp3) is 0.375. The van der Waals surface area contributed by atoms with E-state index in [9.17, 15) is 28.7 Å². The molecule has 1 aliphatic carbocycles. The van der Waals surface area contributed by atoms with Crippen LogP contribution in [0.15, 0.2) is 73.1 Å². The average molecular weight is 802 g/mol. The number of piperidine rings is 3. The number of carboxylic acid groups (broad SMARTS) is 1. The lowest BCUT2D eigenvalue weighted by Crippen LogP contribution is -2.53. The molecule has 1 saturated carbocycles. The number of aromatic carboxylic acids is 1. The number of amides is 1. The molecule has 0 radical (unpaired) electrons. The second kappa shape index (κ2) is 16.6. The van der Waals surface area contributed by atoms with Crippen LogP contribution in [0.25, 0.3) is 0 Å². The molecule has 4 aliphatic rings. The summed E-state index contributed by atoms with van der Waals surface area (Å²) in [5.74, 6) is -2.44. The van der Waals surface area contributed by atoms with Crippen LogP contribution in [0, 0.1) is 17.7 Å². The molecule has 290 valence electrons. The van der Waals surface area contributed by atoms with Crippen LogP contribution < -0.4 is 19.1 Å². The van der Waals surface area contributed by atoms with Crippen molar-refractivity contribution in [2.24, 2.45) is 11.8 Å². The first-order valence-electron chi connectivity index (χ1n) is 18.0. The van der Waals surface area contributed by atoms with E-state index in [-0.39, 0.29) is 75.9 Å². The zero-order valence-corrected chi connectivity index (χ0v) is 31.1. The topological polar surface area (TPSA) is 113 Å². The summed E-state index contributed by atoms with van der Waals surface area (Å²) >= 11 is 13.2. The SMILES string of the molecule is O=C(O)c1ccc(CN(C(=O)O[C@H]2CN3CCC2CC3)c2ccccc2F)cc1[C@@H](Cc1c(Cl)c[n+](O)cc1Cl)c1ccc(OC(F)F)c(OCC2CC2)c1. The number of carbonyl (C=O) groups is 2. The Morgan fingerprint density at radius 2 is 1.69 bits per heavy atom. The van der Waals surface area contributed by atoms with E-state index < -0.39 is 30.4 Å². The van der Waals surface area contributed by atoms with E-state index in [1.54, 1.807) is 18.2 Å². The summed E-state index contributed by atoms with van der Waals surface area (Å²) in [5, 5.41) is 20.7. The Kier molecular flexibility index (Phi) is 11.6. The third-order valence-corrected chi connectivity index (χ3v) is 11.2. The highest BCUT2D eigenvalue weighted by atomic mass is 35.5. The highest BCUT2D eigenvalue weighted by Gasteiger charge is 2.38. The Labute approximate surface area is 325 Å². The van der Waals surface area contributed by atoms with E-state index in [0.717, 1.165) is 38.8 Å². The molecule has 0 unspecified atom stereocenters. The van der Waals surface area contributed by atoms with E-state index in [1.807, 2.05) is 0 Å². The highest BCUT2D eigenvalue weighted by molar-refractivity contribution is 6.35. The number of benzene rings is 3. The van der Waals surface area contributed by atoms with E-state index in [4.69, 9.17) is 37.4 Å². The predicted octanol–water partition coefficient (Wildman–Crippen LogP) is 8.36. The zero-order valence-electron chi connectivity index (χ0n) is 29.6. The number of alkyl halides is 2. The third kappa shape index (κ3) is 9.06. The van der Waals surface area contributed by atoms with Crippen molar-refractivity contribution in [2.45, 2.75) is 57.3 Å². The van der Waals surface area contributed by atoms with E-state index in [2.05, 4.69) is 4.90 Å². The van der Waals surface area contributed by atoms with Crippen molar-refractivity contribution in [3.63, 3.8) is 0 Å². The summed E-state index contributed by atoms with van der Waals surface area (Å²) in [6, 6.07) is 14.8. The summed E-state index contributed by atoms with van der Waals surface area (Å²) in [6.07, 6.45) is 5.02. The van der Waals surface area contributed by atoms with Crippen LogP contribution in [0.2, 0.25) is 10.0 Å². The van der Waals surface area contributed by atoms with Crippen molar-refractivity contribution >= 4 is 41.0 Å². The van der Waals surface area contributed by atoms with Crippen molar-refractivity contribution in [1.29, 1.82) is 0 Å². The molecule has 55 heavy (non-hydrogen) atoms. The Morgan fingerprint density at radius 1 is 0.964 bits per heavy atom. The lowest BCUT2D eigenvalue weighted by atomic mass is 9.82. The summed E-state index contributed by atoms with van der Waals surface area (Å²) in [4.78, 5) is 30.2. The molecule has 3 saturated heterocycles. The molecule has 15 heteroatoms. The second-order valence-corrected chi connectivity index (χ2v) is 15.0. The van der Waals surface area contributed by atoms with Gasteiger partial charge in [0.1, 0.15) is 22.0 Å². The van der Waals surface area contributed by atoms with Gasteiger partial charge in [-0.15, -0.1) is 0 Å². The second-order valence-electron chi connectivity index (χ2n) is 14.2. The molecule has 2 atom stereocenters. The van der Waals surface area contributed by atoms with Crippen molar-refractivity contribution < 1.29 is 52.0 Å². The normalized spacial score (nSPS) is 19.6. The number of halogens is 5. The summed E-state index contributed by atoms with van der Waals surface area (Å²) in [5.41, 5.74) is 1.40. The van der Waals surface area contributed by atoms with Crippen LogP contribution >= 0.6 is 23.2 Å². The summed E-state index contributed by atoms with van der Waals surface area (Å²) < 4.78 is 59.8. The number of fused-ring (bicyclic) bond motifs is 3. The molecular weight excluding hydrogens is 762 g/mol. The predicted molar refractivity (Wildman–Crippen MR) is 196 cm³/mol. The van der Waals surface area contributed by atoms with Crippen LogP contribution in [0.4, 0.5) is 23.7 Å². The number of nitrogens with zero attached hydrogens (tertiary/aromatic N) is 3. The summed E-state index contributed by atoms with van der Waals surface area (Å²) in [6.45, 7) is -0.569. The maximum absolute atomic E-state index is 15.4. The van der Waals surface area contributed by atoms with Crippen LogP contribution in [0.5, 0.6) is 11.5 Å². The molecular formula is C40H39Cl2F3N3O7+. The van der Waals surface area contributed by atoms with Gasteiger partial charge in [0.25, 0.3) is 0 Å². The van der Waals surface area contributed by atoms with Gasteiger partial charge >= 0.3 is 18.7 Å². The molecule has 2 bridgehead atoms. The van der Waals surface area contributed by atoms with Crippen molar-refractivity contribution in [3.05, 3.63) is 117 Å². The number of rotatable bonds is 14. The fourth-order valence-corrected chi connectivity index (χ4v) is 8.02. The maximum Gasteiger partial charge on any atom is 0.415 e. The van der Waals surface area contributed by atoms with Crippen LogP contribution in [0.1, 0.15) is 64.2 Å². The molecule has 8 rings (SSSR count). The summed E-state index contributed by atoms with van der Waals surface area (Å²) in [7, 11) is 0. The van der Waals surface area contributed by atoms with Gasteiger partial charge < -0.3 is 19.3 Å². The fourth-order valence-electron chi connectivity index (χ4n) is 7.42. The van der Waals surface area contributed by atoms with E-state index >= 15 is 4.39 Å². The van der Waals surface area contributed by atoms with Gasteiger partial charge in [-0.2, -0.15) is 8.78 Å². The zero-order chi connectivity index (χ0) is 38.8. The molecule has 1 amide bonds. The lowest BCUT2D eigenvalue weighted by molar-refractivity contribution is -0.904. The monoisotopic (exact) mass is 800 g/mol. The Balaban J connectivity index is 1.30. The molecule has 1 aromatic heterocycles. The standard InChI is InChI=1S/C40H38Cl2F3N3O7/c41-31-19-47(52)20-32(42)30(31)17-28(26-8-10-35(54-39(44)45)36(16-26)53-22-23-5-6-23)29-15-24(7-9-27(29)38(49)50)18-48(34-4-2-1-3-33(34)43)40(51)55-37-21-46-13-11-25(37)12-14-46/h1-4,7-10,15-16,19-20,23,25,28,37,39H,5-6,11-14,17-18,21-22H2,(H-,49,50,52)/p+1/t28-,37-/m0/s1. The first-order valence-corrected chi connectivity index (χ1v) is 18.8. The Hall–Kier alpha value is -4.72. The first-order chi connectivity index (χ1) is 26.4. The molecule has 3 aliphatic heterocycles. The lowest BCUT2D eigenvalue weighted by Gasteiger charge is -2.44. The quantitative estimate of drug-likeness (QED) is 0.0968. The number of carboxylic acids is 1. The minimum atomic E-state index is -3.12. The Morgan fingerprint density at radius 3 is 2.33 bits per heavy atom. The largest absolute Gasteiger partial charge is 0.489 e. The highest BCUT2D eigenvalue weighted by Crippen LogP contribution is 2.41. The number of pyridine rings is 1. The molecule has 4 heterocycles. The van der Waals surface area contributed by atoms with Gasteiger partial charge in [-0.1, -0.05) is 53.5 Å². The number of para-hydroxylation sites is 1. The molecule has 3 aromatic carbocycles. The van der Waals surface area contributed by atoms with Gasteiger partial charge in [0.05, 0.1) is 24.4 Å². The molecule has 2 N–H and O–H groups in total. The number of ether oxygens (including phenoxy) is 3. The van der Waals surface area contributed by atoms with Crippen LogP contribution in [-0.2, 0) is 17.7 Å². The first kappa shape index (κ1) is 38.6.